The summed E-state index contributed by atoms with van der Waals surface area (Å²) in [4.78, 5) is 22.3. The zero-order valence-electron chi connectivity index (χ0n) is 14.3. The standard InChI is InChI=1S/C20H16ClN5O/c21-11-5-9-13(10-6-11)26-18(22)16(20(27)23-12-7-8-12)17-19(26)25-15-4-2-1-3-14(15)24-17/h1-6,9-10,12H,7-8,22H2,(H,23,27). The van der Waals surface area contributed by atoms with Gasteiger partial charge in [0.1, 0.15) is 16.9 Å². The molecule has 1 saturated carbocycles. The predicted molar refractivity (Wildman–Crippen MR) is 106 cm³/mol. The largest absolute Gasteiger partial charge is 0.384 e. The third-order valence-corrected chi connectivity index (χ3v) is 4.97. The van der Waals surface area contributed by atoms with Gasteiger partial charge in [0.2, 0.25) is 0 Å². The number of anilines is 1. The fourth-order valence-electron chi connectivity index (χ4n) is 3.22. The summed E-state index contributed by atoms with van der Waals surface area (Å²) < 4.78 is 1.76. The molecule has 0 aliphatic heterocycles. The van der Waals surface area contributed by atoms with Crippen molar-refractivity contribution in [1.82, 2.24) is 19.9 Å². The van der Waals surface area contributed by atoms with Gasteiger partial charge in [0.25, 0.3) is 5.91 Å². The predicted octanol–water partition coefficient (Wildman–Crippen LogP) is 3.70. The van der Waals surface area contributed by atoms with E-state index in [4.69, 9.17) is 27.3 Å². The number of fused-ring (bicyclic) bond motifs is 2. The second kappa shape index (κ2) is 5.96. The summed E-state index contributed by atoms with van der Waals surface area (Å²) in [5.41, 5.74) is 10.1. The Bertz CT molecular complexity index is 1190. The third-order valence-electron chi connectivity index (χ3n) is 4.72. The van der Waals surface area contributed by atoms with E-state index in [0.717, 1.165) is 29.6 Å². The Kier molecular flexibility index (Phi) is 3.55. The number of carbonyl (C=O) groups is 1. The number of hydrogen-bond acceptors (Lipinski definition) is 4. The lowest BCUT2D eigenvalue weighted by Crippen LogP contribution is -2.26. The van der Waals surface area contributed by atoms with Crippen molar-refractivity contribution in [2.45, 2.75) is 18.9 Å². The average Bonchev–Trinajstić information content (AvgIpc) is 3.43. The number of aromatic nitrogens is 3. The fraction of sp³-hybridized carbons (Fsp3) is 0.150. The topological polar surface area (TPSA) is 85.8 Å². The quantitative estimate of drug-likeness (QED) is 0.570. The molecule has 27 heavy (non-hydrogen) atoms. The van der Waals surface area contributed by atoms with E-state index in [1.807, 2.05) is 36.4 Å². The Morgan fingerprint density at radius 2 is 1.74 bits per heavy atom. The monoisotopic (exact) mass is 377 g/mol. The van der Waals surface area contributed by atoms with Crippen LogP contribution in [-0.2, 0) is 0 Å². The molecule has 4 aromatic rings. The molecule has 2 aromatic heterocycles. The highest BCUT2D eigenvalue weighted by atomic mass is 35.5. The molecule has 1 fully saturated rings. The molecule has 2 heterocycles. The number of carbonyl (C=O) groups excluding carboxylic acids is 1. The Morgan fingerprint density at radius 3 is 2.41 bits per heavy atom. The molecule has 0 unspecified atom stereocenters. The van der Waals surface area contributed by atoms with Gasteiger partial charge >= 0.3 is 0 Å². The molecule has 5 rings (SSSR count). The van der Waals surface area contributed by atoms with Crippen LogP contribution in [0.1, 0.15) is 23.2 Å². The lowest BCUT2D eigenvalue weighted by atomic mass is 10.2. The highest BCUT2D eigenvalue weighted by Gasteiger charge is 2.29. The van der Waals surface area contributed by atoms with Gasteiger partial charge < -0.3 is 11.1 Å². The summed E-state index contributed by atoms with van der Waals surface area (Å²) in [7, 11) is 0. The van der Waals surface area contributed by atoms with Gasteiger partial charge in [0.05, 0.1) is 11.0 Å². The third kappa shape index (κ3) is 2.69. The minimum atomic E-state index is -0.211. The van der Waals surface area contributed by atoms with E-state index >= 15 is 0 Å². The van der Waals surface area contributed by atoms with Crippen LogP contribution in [0.2, 0.25) is 5.02 Å². The van der Waals surface area contributed by atoms with Crippen molar-refractivity contribution in [1.29, 1.82) is 0 Å². The van der Waals surface area contributed by atoms with E-state index in [-0.39, 0.29) is 11.9 Å². The van der Waals surface area contributed by atoms with Crippen molar-refractivity contribution in [2.24, 2.45) is 0 Å². The summed E-state index contributed by atoms with van der Waals surface area (Å²) in [6.45, 7) is 0. The first-order valence-electron chi connectivity index (χ1n) is 8.75. The van der Waals surface area contributed by atoms with Gasteiger partial charge in [-0.05, 0) is 49.2 Å². The molecule has 0 saturated heterocycles. The molecular formula is C20H16ClN5O. The SMILES string of the molecule is Nc1c(C(=O)NC2CC2)c2nc3ccccc3nc2n1-c1ccc(Cl)cc1. The van der Waals surface area contributed by atoms with Gasteiger partial charge in [0, 0.05) is 16.8 Å². The van der Waals surface area contributed by atoms with Crippen LogP contribution >= 0.6 is 11.6 Å². The van der Waals surface area contributed by atoms with Crippen LogP contribution in [-0.4, -0.2) is 26.5 Å². The van der Waals surface area contributed by atoms with Crippen LogP contribution in [0.5, 0.6) is 0 Å². The lowest BCUT2D eigenvalue weighted by Gasteiger charge is -2.08. The number of para-hydroxylation sites is 2. The molecule has 6 nitrogen and oxygen atoms in total. The van der Waals surface area contributed by atoms with Gasteiger partial charge in [0.15, 0.2) is 5.65 Å². The summed E-state index contributed by atoms with van der Waals surface area (Å²) in [5.74, 6) is 0.109. The van der Waals surface area contributed by atoms with E-state index in [2.05, 4.69) is 5.32 Å². The second-order valence-corrected chi connectivity index (χ2v) is 7.14. The second-order valence-electron chi connectivity index (χ2n) is 6.70. The zero-order valence-corrected chi connectivity index (χ0v) is 15.1. The maximum Gasteiger partial charge on any atom is 0.257 e. The molecule has 2 aromatic carbocycles. The molecule has 0 spiro atoms. The van der Waals surface area contributed by atoms with Crippen molar-refractivity contribution in [3.05, 3.63) is 59.1 Å². The molecular weight excluding hydrogens is 362 g/mol. The molecule has 1 aliphatic carbocycles. The smallest absolute Gasteiger partial charge is 0.257 e. The number of nitrogen functional groups attached to an aromatic ring is 1. The first-order valence-corrected chi connectivity index (χ1v) is 9.13. The molecule has 0 radical (unpaired) electrons. The number of benzene rings is 2. The minimum absolute atomic E-state index is 0.211. The van der Waals surface area contributed by atoms with Gasteiger partial charge in [-0.1, -0.05) is 23.7 Å². The zero-order chi connectivity index (χ0) is 18.5. The fourth-order valence-corrected chi connectivity index (χ4v) is 3.35. The van der Waals surface area contributed by atoms with E-state index in [1.165, 1.54) is 0 Å². The minimum Gasteiger partial charge on any atom is -0.384 e. The van der Waals surface area contributed by atoms with Crippen molar-refractivity contribution in [3.63, 3.8) is 0 Å². The maximum absolute atomic E-state index is 12.9. The molecule has 3 N–H and O–H groups in total. The van der Waals surface area contributed by atoms with Crippen LogP contribution < -0.4 is 11.1 Å². The number of nitrogens with one attached hydrogen (secondary N) is 1. The molecule has 0 bridgehead atoms. The van der Waals surface area contributed by atoms with Crippen LogP contribution in [0.15, 0.2) is 48.5 Å². The normalized spacial score (nSPS) is 14.0. The number of amides is 1. The van der Waals surface area contributed by atoms with Crippen molar-refractivity contribution in [2.75, 3.05) is 5.73 Å². The van der Waals surface area contributed by atoms with E-state index in [0.29, 0.717) is 27.6 Å². The summed E-state index contributed by atoms with van der Waals surface area (Å²) in [6.07, 6.45) is 1.99. The van der Waals surface area contributed by atoms with Crippen LogP contribution in [0.25, 0.3) is 27.9 Å². The Morgan fingerprint density at radius 1 is 1.07 bits per heavy atom. The van der Waals surface area contributed by atoms with Crippen molar-refractivity contribution in [3.8, 4) is 5.69 Å². The molecule has 7 heteroatoms. The Balaban J connectivity index is 1.81. The maximum atomic E-state index is 12.9. The molecule has 134 valence electrons. The van der Waals surface area contributed by atoms with E-state index < -0.39 is 0 Å². The van der Waals surface area contributed by atoms with E-state index in [9.17, 15) is 4.79 Å². The summed E-state index contributed by atoms with van der Waals surface area (Å²) in [5, 5.41) is 3.63. The van der Waals surface area contributed by atoms with E-state index in [1.54, 1.807) is 16.7 Å². The summed E-state index contributed by atoms with van der Waals surface area (Å²) in [6, 6.07) is 15.0. The highest BCUT2D eigenvalue weighted by Crippen LogP contribution is 2.32. The van der Waals surface area contributed by atoms with Gasteiger partial charge in [-0.3, -0.25) is 9.36 Å². The lowest BCUT2D eigenvalue weighted by molar-refractivity contribution is 0.0953. The number of nitrogens with zero attached hydrogens (tertiary/aromatic N) is 3. The average molecular weight is 378 g/mol. The van der Waals surface area contributed by atoms with Crippen molar-refractivity contribution >= 4 is 45.5 Å². The van der Waals surface area contributed by atoms with Crippen molar-refractivity contribution < 1.29 is 4.79 Å². The van der Waals surface area contributed by atoms with Crippen LogP contribution in [0.4, 0.5) is 5.82 Å². The Hall–Kier alpha value is -3.12. The van der Waals surface area contributed by atoms with Crippen LogP contribution in [0, 0.1) is 0 Å². The molecule has 1 aliphatic rings. The number of hydrogen-bond donors (Lipinski definition) is 2. The van der Waals surface area contributed by atoms with Gasteiger partial charge in [-0.25, -0.2) is 9.97 Å². The van der Waals surface area contributed by atoms with Crippen LogP contribution in [0.3, 0.4) is 0 Å². The number of halogens is 1. The molecule has 1 amide bonds. The first kappa shape index (κ1) is 16.1. The van der Waals surface area contributed by atoms with Gasteiger partial charge in [-0.2, -0.15) is 0 Å². The Labute approximate surface area is 160 Å². The molecule has 0 atom stereocenters. The highest BCUT2D eigenvalue weighted by molar-refractivity contribution is 6.30. The van der Waals surface area contributed by atoms with Gasteiger partial charge in [-0.15, -0.1) is 0 Å². The number of nitrogens with two attached hydrogens (primary N) is 1. The summed E-state index contributed by atoms with van der Waals surface area (Å²) >= 11 is 6.02. The first-order chi connectivity index (χ1) is 13.1. The number of rotatable bonds is 3.